The number of aromatic nitrogens is 1. The van der Waals surface area contributed by atoms with E-state index in [2.05, 4.69) is 28.5 Å². The number of benzene rings is 2. The second kappa shape index (κ2) is 4.94. The fraction of sp³-hybridized carbons (Fsp3) is 0.0667. The lowest BCUT2D eigenvalue weighted by atomic mass is 10.1. The third kappa shape index (κ3) is 2.56. The van der Waals surface area contributed by atoms with Crippen LogP contribution in [0.3, 0.4) is 0 Å². The minimum atomic E-state index is -0.330. The van der Waals surface area contributed by atoms with Gasteiger partial charge in [0.15, 0.2) is 0 Å². The Morgan fingerprint density at radius 3 is 2.84 bits per heavy atom. The molecule has 2 aromatic carbocycles. The molecule has 0 amide bonds. The van der Waals surface area contributed by atoms with Gasteiger partial charge in [-0.15, -0.1) is 0 Å². The smallest absolute Gasteiger partial charge is 0.124 e. The second-order valence-corrected chi connectivity index (χ2v) is 4.78. The van der Waals surface area contributed by atoms with Crippen LogP contribution in [0.15, 0.2) is 48.7 Å². The first-order valence-corrected chi connectivity index (χ1v) is 6.35. The molecule has 0 aliphatic heterocycles. The Bertz CT molecular complexity index is 721. The van der Waals surface area contributed by atoms with Crippen LogP contribution in [0.1, 0.15) is 5.56 Å². The first kappa shape index (κ1) is 12.1. The normalized spacial score (nSPS) is 10.8. The van der Waals surface area contributed by atoms with E-state index in [1.165, 1.54) is 17.5 Å². The Hall–Kier alpha value is -2.00. The van der Waals surface area contributed by atoms with Crippen molar-refractivity contribution in [3.63, 3.8) is 0 Å². The van der Waals surface area contributed by atoms with Crippen molar-refractivity contribution in [3.05, 3.63) is 65.1 Å². The Morgan fingerprint density at radius 1 is 1.11 bits per heavy atom. The first-order valence-electron chi connectivity index (χ1n) is 5.97. The molecule has 3 aromatic rings. The Kier molecular flexibility index (Phi) is 3.13. The van der Waals surface area contributed by atoms with Crippen LogP contribution < -0.4 is 5.32 Å². The van der Waals surface area contributed by atoms with E-state index < -0.39 is 0 Å². The molecule has 0 fully saturated rings. The molecule has 2 N–H and O–H groups in total. The van der Waals surface area contributed by atoms with Gasteiger partial charge in [0.25, 0.3) is 0 Å². The lowest BCUT2D eigenvalue weighted by Crippen LogP contribution is -2.00. The summed E-state index contributed by atoms with van der Waals surface area (Å²) in [5, 5.41) is 4.77. The van der Waals surface area contributed by atoms with Crippen LogP contribution in [0.25, 0.3) is 10.9 Å². The molecule has 1 aromatic heterocycles. The molecule has 1 heterocycles. The third-order valence-electron chi connectivity index (χ3n) is 3.03. The number of H-pyrrole nitrogens is 1. The van der Waals surface area contributed by atoms with Gasteiger partial charge in [-0.2, -0.15) is 0 Å². The molecular formula is C15H12ClFN2. The maximum atomic E-state index is 12.9. The third-order valence-corrected chi connectivity index (χ3v) is 3.35. The van der Waals surface area contributed by atoms with Gasteiger partial charge in [-0.25, -0.2) is 4.39 Å². The van der Waals surface area contributed by atoms with Crippen molar-refractivity contribution in [3.8, 4) is 0 Å². The fourth-order valence-corrected chi connectivity index (χ4v) is 2.27. The van der Waals surface area contributed by atoms with Gasteiger partial charge in [0.2, 0.25) is 0 Å². The fourth-order valence-electron chi connectivity index (χ4n) is 2.04. The zero-order chi connectivity index (χ0) is 13.2. The van der Waals surface area contributed by atoms with Gasteiger partial charge in [-0.3, -0.25) is 0 Å². The van der Waals surface area contributed by atoms with E-state index in [1.54, 1.807) is 6.07 Å². The van der Waals surface area contributed by atoms with Crippen LogP contribution in [0, 0.1) is 5.82 Å². The van der Waals surface area contributed by atoms with E-state index in [0.717, 1.165) is 16.8 Å². The van der Waals surface area contributed by atoms with Crippen LogP contribution in [0.5, 0.6) is 0 Å². The van der Waals surface area contributed by atoms with Gasteiger partial charge >= 0.3 is 0 Å². The number of fused-ring (bicyclic) bond motifs is 1. The van der Waals surface area contributed by atoms with E-state index in [-0.39, 0.29) is 5.82 Å². The highest BCUT2D eigenvalue weighted by Gasteiger charge is 2.02. The second-order valence-electron chi connectivity index (χ2n) is 4.38. The van der Waals surface area contributed by atoms with Gasteiger partial charge in [-0.05, 0) is 41.3 Å². The van der Waals surface area contributed by atoms with Crippen LogP contribution in [-0.2, 0) is 6.54 Å². The SMILES string of the molecule is Fc1ccc(NCc2ccc3cc[nH]c3c2)c(Cl)c1. The molecule has 96 valence electrons. The van der Waals surface area contributed by atoms with Crippen LogP contribution >= 0.6 is 11.6 Å². The maximum Gasteiger partial charge on any atom is 0.124 e. The van der Waals surface area contributed by atoms with Crippen LogP contribution in [-0.4, -0.2) is 4.98 Å². The highest BCUT2D eigenvalue weighted by molar-refractivity contribution is 6.33. The summed E-state index contributed by atoms with van der Waals surface area (Å²) in [5.74, 6) is -0.330. The van der Waals surface area contributed by atoms with Crippen molar-refractivity contribution in [1.29, 1.82) is 0 Å². The summed E-state index contributed by atoms with van der Waals surface area (Å²) in [5.41, 5.74) is 2.97. The van der Waals surface area contributed by atoms with Gasteiger partial charge in [-0.1, -0.05) is 23.7 Å². The van der Waals surface area contributed by atoms with Crippen molar-refractivity contribution >= 4 is 28.2 Å². The average molecular weight is 275 g/mol. The molecule has 0 saturated heterocycles. The predicted molar refractivity (Wildman–Crippen MR) is 77.0 cm³/mol. The van der Waals surface area contributed by atoms with E-state index in [4.69, 9.17) is 11.6 Å². The van der Waals surface area contributed by atoms with Crippen molar-refractivity contribution in [1.82, 2.24) is 4.98 Å². The number of hydrogen-bond acceptors (Lipinski definition) is 1. The number of anilines is 1. The van der Waals surface area contributed by atoms with Crippen molar-refractivity contribution < 1.29 is 4.39 Å². The Balaban J connectivity index is 1.77. The summed E-state index contributed by atoms with van der Waals surface area (Å²) < 4.78 is 12.9. The molecule has 3 rings (SSSR count). The highest BCUT2D eigenvalue weighted by atomic mass is 35.5. The Labute approximate surface area is 115 Å². The number of hydrogen-bond donors (Lipinski definition) is 2. The molecule has 0 atom stereocenters. The molecule has 0 spiro atoms. The molecule has 19 heavy (non-hydrogen) atoms. The summed E-state index contributed by atoms with van der Waals surface area (Å²) in [6.45, 7) is 0.639. The highest BCUT2D eigenvalue weighted by Crippen LogP contribution is 2.23. The van der Waals surface area contributed by atoms with Gasteiger partial charge in [0.1, 0.15) is 5.82 Å². The average Bonchev–Trinajstić information content (AvgIpc) is 2.85. The van der Waals surface area contributed by atoms with Gasteiger partial charge in [0.05, 0.1) is 10.7 Å². The summed E-state index contributed by atoms with van der Waals surface area (Å²) in [6, 6.07) is 12.6. The minimum absolute atomic E-state index is 0.330. The zero-order valence-electron chi connectivity index (χ0n) is 10.1. The topological polar surface area (TPSA) is 27.8 Å². The summed E-state index contributed by atoms with van der Waals surface area (Å²) in [6.07, 6.45) is 1.92. The van der Waals surface area contributed by atoms with Gasteiger partial charge in [0, 0.05) is 18.3 Å². The summed E-state index contributed by atoms with van der Waals surface area (Å²) in [4.78, 5) is 3.17. The van der Waals surface area contributed by atoms with E-state index >= 15 is 0 Å². The standard InChI is InChI=1S/C15H12ClFN2/c16-13-8-12(17)3-4-14(13)19-9-10-1-2-11-5-6-18-15(11)7-10/h1-8,18-19H,9H2. The molecular weight excluding hydrogens is 263 g/mol. The largest absolute Gasteiger partial charge is 0.380 e. The number of rotatable bonds is 3. The summed E-state index contributed by atoms with van der Waals surface area (Å²) in [7, 11) is 0. The van der Waals surface area contributed by atoms with Crippen molar-refractivity contribution in [2.24, 2.45) is 0 Å². The van der Waals surface area contributed by atoms with Crippen LogP contribution in [0.2, 0.25) is 5.02 Å². The van der Waals surface area contributed by atoms with Crippen molar-refractivity contribution in [2.45, 2.75) is 6.54 Å². The van der Waals surface area contributed by atoms with E-state index in [0.29, 0.717) is 11.6 Å². The molecule has 0 saturated carbocycles. The Morgan fingerprint density at radius 2 is 2.00 bits per heavy atom. The predicted octanol–water partition coefficient (Wildman–Crippen LogP) is 4.57. The van der Waals surface area contributed by atoms with E-state index in [9.17, 15) is 4.39 Å². The first-order chi connectivity index (χ1) is 9.22. The number of nitrogens with one attached hydrogen (secondary N) is 2. The minimum Gasteiger partial charge on any atom is -0.380 e. The monoisotopic (exact) mass is 274 g/mol. The number of aromatic amines is 1. The molecule has 0 aliphatic carbocycles. The quantitative estimate of drug-likeness (QED) is 0.719. The lowest BCUT2D eigenvalue weighted by Gasteiger charge is -2.08. The van der Waals surface area contributed by atoms with Crippen LogP contribution in [0.4, 0.5) is 10.1 Å². The lowest BCUT2D eigenvalue weighted by molar-refractivity contribution is 0.628. The molecule has 0 radical (unpaired) electrons. The maximum absolute atomic E-state index is 12.9. The molecule has 0 aliphatic rings. The van der Waals surface area contributed by atoms with Gasteiger partial charge < -0.3 is 10.3 Å². The molecule has 2 nitrogen and oxygen atoms in total. The molecule has 0 unspecified atom stereocenters. The summed E-state index contributed by atoms with van der Waals surface area (Å²) >= 11 is 5.96. The van der Waals surface area contributed by atoms with E-state index in [1.807, 2.05) is 12.3 Å². The zero-order valence-corrected chi connectivity index (χ0v) is 10.8. The molecule has 4 heteroatoms. The molecule has 0 bridgehead atoms. The number of halogens is 2. The van der Waals surface area contributed by atoms with Crippen molar-refractivity contribution in [2.75, 3.05) is 5.32 Å².